The molecule has 4 heteroatoms. The predicted molar refractivity (Wildman–Crippen MR) is 33.1 cm³/mol. The Bertz CT molecular complexity index is 132. The topological polar surface area (TPSA) is 57.2 Å². The van der Waals surface area contributed by atoms with E-state index < -0.39 is 17.0 Å². The number of hydrogen-bond donors (Lipinski definition) is 1. The Morgan fingerprint density at radius 3 is 2.22 bits per heavy atom. The average molecular weight is 147 g/mol. The van der Waals surface area contributed by atoms with Gasteiger partial charge in [-0.25, -0.2) is 0 Å². The van der Waals surface area contributed by atoms with Crippen LogP contribution < -0.4 is 5.11 Å². The monoisotopic (exact) mass is 147 g/mol. The Hall–Kier alpha value is -0.510. The summed E-state index contributed by atoms with van der Waals surface area (Å²) in [7, 11) is 0. The van der Waals surface area contributed by atoms with E-state index in [1.54, 1.807) is 6.92 Å². The Morgan fingerprint density at radius 2 is 2.11 bits per heavy atom. The maximum absolute atomic E-state index is 10.3. The number of thiol groups is 1. The molecule has 0 aliphatic heterocycles. The summed E-state index contributed by atoms with van der Waals surface area (Å²) in [6.07, 6.45) is 0.413. The molecule has 9 heavy (non-hydrogen) atoms. The summed E-state index contributed by atoms with van der Waals surface area (Å²) in [5, 5.41) is 9.08. The first-order chi connectivity index (χ1) is 4.09. The Kier molecular flexibility index (Phi) is 3.30. The van der Waals surface area contributed by atoms with E-state index in [-0.39, 0.29) is 0 Å². The lowest BCUT2D eigenvalue weighted by Crippen LogP contribution is -2.36. The lowest BCUT2D eigenvalue weighted by atomic mass is 10.2. The van der Waals surface area contributed by atoms with Crippen LogP contribution in [-0.4, -0.2) is 17.0 Å². The van der Waals surface area contributed by atoms with Gasteiger partial charge >= 0.3 is 0 Å². The van der Waals surface area contributed by atoms with Gasteiger partial charge in [0.05, 0.1) is 5.25 Å². The van der Waals surface area contributed by atoms with E-state index in [4.69, 9.17) is 0 Å². The zero-order chi connectivity index (χ0) is 7.44. The Morgan fingerprint density at radius 1 is 1.67 bits per heavy atom. The maximum atomic E-state index is 10.3. The molecule has 0 aromatic rings. The van der Waals surface area contributed by atoms with Crippen molar-refractivity contribution >= 4 is 24.4 Å². The van der Waals surface area contributed by atoms with Gasteiger partial charge in [-0.15, -0.1) is 0 Å². The molecule has 3 nitrogen and oxygen atoms in total. The number of aliphatic carboxylic acids is 1. The fraction of sp³-hybridized carbons (Fsp3) is 0.600. The highest BCUT2D eigenvalue weighted by Crippen LogP contribution is 1.99. The van der Waals surface area contributed by atoms with E-state index in [9.17, 15) is 14.7 Å². The summed E-state index contributed by atoms with van der Waals surface area (Å²) >= 11 is 3.69. The molecule has 1 atom stereocenters. The van der Waals surface area contributed by atoms with Crippen LogP contribution in [0.5, 0.6) is 0 Å². The molecule has 0 aromatic carbocycles. The Labute approximate surface area is 58.5 Å². The van der Waals surface area contributed by atoms with Crippen LogP contribution in [0.15, 0.2) is 0 Å². The van der Waals surface area contributed by atoms with Gasteiger partial charge in [0.15, 0.2) is 5.78 Å². The number of carboxylic acid groups (broad SMARTS) is 1. The minimum absolute atomic E-state index is 0.413. The largest absolute Gasteiger partial charge is 0.542 e. The fourth-order valence-corrected chi connectivity index (χ4v) is 0.427. The van der Waals surface area contributed by atoms with Crippen molar-refractivity contribution in [3.8, 4) is 0 Å². The van der Waals surface area contributed by atoms with E-state index in [0.717, 1.165) is 0 Å². The number of ketones is 1. The van der Waals surface area contributed by atoms with Gasteiger partial charge in [-0.1, -0.05) is 6.92 Å². The summed E-state index contributed by atoms with van der Waals surface area (Å²) in [5.74, 6) is -2.60. The first kappa shape index (κ1) is 8.49. The van der Waals surface area contributed by atoms with Crippen molar-refractivity contribution in [3.05, 3.63) is 0 Å². The molecule has 0 radical (unpaired) electrons. The molecule has 52 valence electrons. The Balaban J connectivity index is 3.88. The van der Waals surface area contributed by atoms with Crippen molar-refractivity contribution in [3.63, 3.8) is 0 Å². The lowest BCUT2D eigenvalue weighted by Gasteiger charge is -2.05. The maximum Gasteiger partial charge on any atom is 0.190 e. The predicted octanol–water partition coefficient (Wildman–Crippen LogP) is -0.986. The van der Waals surface area contributed by atoms with Crippen LogP contribution in [-0.2, 0) is 9.59 Å². The molecule has 0 aliphatic rings. The van der Waals surface area contributed by atoms with Crippen LogP contribution in [0.25, 0.3) is 0 Å². The number of hydrogen-bond acceptors (Lipinski definition) is 4. The first-order valence-corrected chi connectivity index (χ1v) is 3.04. The molecule has 0 saturated carbocycles. The van der Waals surface area contributed by atoms with Crippen molar-refractivity contribution < 1.29 is 14.7 Å². The number of rotatable bonds is 3. The van der Waals surface area contributed by atoms with Gasteiger partial charge in [0.1, 0.15) is 5.97 Å². The average Bonchev–Trinajstić information content (AvgIpc) is 1.84. The van der Waals surface area contributed by atoms with Gasteiger partial charge in [0, 0.05) is 0 Å². The van der Waals surface area contributed by atoms with Crippen molar-refractivity contribution in [2.45, 2.75) is 18.6 Å². The van der Waals surface area contributed by atoms with Crippen LogP contribution in [0.2, 0.25) is 0 Å². The van der Waals surface area contributed by atoms with E-state index in [0.29, 0.717) is 6.42 Å². The third-order valence-electron chi connectivity index (χ3n) is 0.891. The summed E-state index contributed by atoms with van der Waals surface area (Å²) in [5.41, 5.74) is 0. The van der Waals surface area contributed by atoms with Crippen LogP contribution >= 0.6 is 12.6 Å². The summed E-state index contributed by atoms with van der Waals surface area (Å²) in [6, 6.07) is 0. The third-order valence-corrected chi connectivity index (χ3v) is 1.49. The molecule has 0 fully saturated rings. The van der Waals surface area contributed by atoms with Gasteiger partial charge < -0.3 is 9.90 Å². The molecule has 0 saturated heterocycles. The zero-order valence-corrected chi connectivity index (χ0v) is 5.85. The minimum atomic E-state index is -1.66. The van der Waals surface area contributed by atoms with E-state index in [1.165, 1.54) is 0 Å². The van der Waals surface area contributed by atoms with Crippen LogP contribution in [0.1, 0.15) is 13.3 Å². The highest BCUT2D eigenvalue weighted by atomic mass is 32.1. The second-order valence-corrected chi connectivity index (χ2v) is 2.20. The zero-order valence-electron chi connectivity index (χ0n) is 4.96. The third kappa shape index (κ3) is 2.51. The van der Waals surface area contributed by atoms with Gasteiger partial charge in [-0.3, -0.25) is 4.79 Å². The lowest BCUT2D eigenvalue weighted by molar-refractivity contribution is -0.299. The quantitative estimate of drug-likeness (QED) is 0.412. The normalized spacial score (nSPS) is 12.7. The molecule has 1 unspecified atom stereocenters. The van der Waals surface area contributed by atoms with E-state index in [2.05, 4.69) is 12.6 Å². The molecule has 0 rings (SSSR count). The number of carboxylic acids is 1. The molecular weight excluding hydrogens is 140 g/mol. The van der Waals surface area contributed by atoms with Crippen molar-refractivity contribution in [2.75, 3.05) is 0 Å². The molecule has 0 aromatic heterocycles. The van der Waals surface area contributed by atoms with Crippen molar-refractivity contribution in [1.29, 1.82) is 0 Å². The van der Waals surface area contributed by atoms with Crippen LogP contribution in [0, 0.1) is 0 Å². The summed E-state index contributed by atoms with van der Waals surface area (Å²) in [6.45, 7) is 1.68. The summed E-state index contributed by atoms with van der Waals surface area (Å²) in [4.78, 5) is 20.1. The molecule has 0 spiro atoms. The highest BCUT2D eigenvalue weighted by Gasteiger charge is 2.11. The summed E-state index contributed by atoms with van der Waals surface area (Å²) < 4.78 is 0. The van der Waals surface area contributed by atoms with Crippen LogP contribution in [0.3, 0.4) is 0 Å². The van der Waals surface area contributed by atoms with Crippen molar-refractivity contribution in [2.24, 2.45) is 0 Å². The second kappa shape index (κ2) is 3.50. The number of carbonyl (C=O) groups excluding carboxylic acids is 2. The number of carbonyl (C=O) groups is 2. The molecule has 0 heterocycles. The van der Waals surface area contributed by atoms with Gasteiger partial charge in [-0.2, -0.15) is 12.6 Å². The first-order valence-electron chi connectivity index (χ1n) is 2.52. The molecule has 0 amide bonds. The molecule has 0 bridgehead atoms. The molecule has 0 aliphatic carbocycles. The standard InChI is InChI=1S/C5H8O3S/c1-2-3(9)4(6)5(7)8/h3,9H,2H2,1H3,(H,7,8)/p-1. The minimum Gasteiger partial charge on any atom is -0.542 e. The number of Topliss-reactive ketones (excluding diaryl/α,β-unsaturated/α-hetero) is 1. The molecular formula is C5H7O3S-. The smallest absolute Gasteiger partial charge is 0.190 e. The van der Waals surface area contributed by atoms with Crippen LogP contribution in [0.4, 0.5) is 0 Å². The molecule has 0 N–H and O–H groups in total. The SMILES string of the molecule is CCC(S)C(=O)C(=O)[O-]. The fourth-order valence-electron chi connectivity index (χ4n) is 0.321. The second-order valence-electron chi connectivity index (χ2n) is 1.58. The van der Waals surface area contributed by atoms with Crippen molar-refractivity contribution in [1.82, 2.24) is 0 Å². The van der Waals surface area contributed by atoms with E-state index >= 15 is 0 Å². The van der Waals surface area contributed by atoms with E-state index in [1.807, 2.05) is 0 Å². The highest BCUT2D eigenvalue weighted by molar-refractivity contribution is 7.82. The van der Waals surface area contributed by atoms with Gasteiger partial charge in [-0.05, 0) is 6.42 Å². The van der Waals surface area contributed by atoms with Gasteiger partial charge in [0.25, 0.3) is 0 Å². The van der Waals surface area contributed by atoms with Gasteiger partial charge in [0.2, 0.25) is 0 Å².